The molecule has 1 aliphatic rings. The molecule has 0 saturated carbocycles. The monoisotopic (exact) mass is 356 g/mol. The highest BCUT2D eigenvalue weighted by Gasteiger charge is 2.27. The SMILES string of the molecule is C/C(=C/C(=O)NNC(=O)C1COc2ccccc2O1)c1ccc(F)cc1. The fourth-order valence-electron chi connectivity index (χ4n) is 2.38. The highest BCUT2D eigenvalue weighted by Crippen LogP contribution is 2.30. The number of nitrogens with one attached hydrogen (secondary N) is 2. The number of amides is 2. The maximum absolute atomic E-state index is 12.9. The lowest BCUT2D eigenvalue weighted by molar-refractivity contribution is -0.134. The van der Waals surface area contributed by atoms with Crippen molar-refractivity contribution in [3.8, 4) is 11.5 Å². The van der Waals surface area contributed by atoms with Gasteiger partial charge >= 0.3 is 0 Å². The number of allylic oxidation sites excluding steroid dienone is 1. The first kappa shape index (κ1) is 17.5. The van der Waals surface area contributed by atoms with E-state index in [1.54, 1.807) is 43.3 Å². The van der Waals surface area contributed by atoms with Crippen molar-refractivity contribution >= 4 is 17.4 Å². The molecule has 0 aliphatic carbocycles. The molecule has 2 aromatic carbocycles. The largest absolute Gasteiger partial charge is 0.485 e. The third-order valence-electron chi connectivity index (χ3n) is 3.76. The standard InChI is InChI=1S/C19H17FN2O4/c1-12(13-6-8-14(20)9-7-13)10-18(23)21-22-19(24)17-11-25-15-4-2-3-5-16(15)26-17/h2-10,17H,11H2,1H3,(H,21,23)(H,22,24)/b12-10-. The molecule has 26 heavy (non-hydrogen) atoms. The first-order valence-corrected chi connectivity index (χ1v) is 7.95. The second-order valence-electron chi connectivity index (χ2n) is 5.68. The van der Waals surface area contributed by atoms with Gasteiger partial charge in [0.05, 0.1) is 0 Å². The lowest BCUT2D eigenvalue weighted by Gasteiger charge is -2.25. The Kier molecular flexibility index (Phi) is 5.17. The summed E-state index contributed by atoms with van der Waals surface area (Å²) in [5, 5.41) is 0. The molecule has 0 aromatic heterocycles. The van der Waals surface area contributed by atoms with Crippen molar-refractivity contribution < 1.29 is 23.5 Å². The predicted octanol–water partition coefficient (Wildman–Crippen LogP) is 2.22. The number of ether oxygens (including phenoxy) is 2. The lowest BCUT2D eigenvalue weighted by Crippen LogP contribution is -2.50. The van der Waals surface area contributed by atoms with Gasteiger partial charge in [0, 0.05) is 6.08 Å². The molecule has 2 aromatic rings. The third-order valence-corrected chi connectivity index (χ3v) is 3.76. The Labute approximate surface area is 149 Å². The van der Waals surface area contributed by atoms with Crippen LogP contribution >= 0.6 is 0 Å². The number of carbonyl (C=O) groups excluding carboxylic acids is 2. The maximum atomic E-state index is 12.9. The summed E-state index contributed by atoms with van der Waals surface area (Å²) in [6, 6.07) is 12.8. The molecular formula is C19H17FN2O4. The van der Waals surface area contributed by atoms with E-state index < -0.39 is 17.9 Å². The van der Waals surface area contributed by atoms with Crippen LogP contribution in [-0.2, 0) is 9.59 Å². The van der Waals surface area contributed by atoms with Crippen LogP contribution in [0.5, 0.6) is 11.5 Å². The predicted molar refractivity (Wildman–Crippen MR) is 92.7 cm³/mol. The van der Waals surface area contributed by atoms with Gasteiger partial charge in [-0.1, -0.05) is 24.3 Å². The molecule has 0 bridgehead atoms. The van der Waals surface area contributed by atoms with Crippen molar-refractivity contribution in [1.29, 1.82) is 0 Å². The number of halogens is 1. The highest BCUT2D eigenvalue weighted by atomic mass is 19.1. The summed E-state index contributed by atoms with van der Waals surface area (Å²) < 4.78 is 23.9. The van der Waals surface area contributed by atoms with E-state index in [1.807, 2.05) is 0 Å². The van der Waals surface area contributed by atoms with Gasteiger partial charge in [-0.15, -0.1) is 0 Å². The van der Waals surface area contributed by atoms with E-state index in [-0.39, 0.29) is 12.4 Å². The number of para-hydroxylation sites is 2. The van der Waals surface area contributed by atoms with Crippen molar-refractivity contribution in [2.75, 3.05) is 6.61 Å². The van der Waals surface area contributed by atoms with Crippen molar-refractivity contribution in [2.24, 2.45) is 0 Å². The Morgan fingerprint density at radius 3 is 2.50 bits per heavy atom. The lowest BCUT2D eigenvalue weighted by atomic mass is 10.1. The van der Waals surface area contributed by atoms with E-state index in [2.05, 4.69) is 10.9 Å². The van der Waals surface area contributed by atoms with Crippen molar-refractivity contribution in [3.05, 3.63) is 66.0 Å². The molecule has 1 unspecified atom stereocenters. The molecule has 1 aliphatic heterocycles. The summed E-state index contributed by atoms with van der Waals surface area (Å²) >= 11 is 0. The Morgan fingerprint density at radius 1 is 1.08 bits per heavy atom. The van der Waals surface area contributed by atoms with Crippen LogP contribution in [0.25, 0.3) is 5.57 Å². The first-order chi connectivity index (χ1) is 12.5. The normalized spacial score (nSPS) is 15.9. The molecule has 7 heteroatoms. The summed E-state index contributed by atoms with van der Waals surface area (Å²) in [6.45, 7) is 1.76. The molecule has 6 nitrogen and oxygen atoms in total. The van der Waals surface area contributed by atoms with Gasteiger partial charge in [0.25, 0.3) is 11.8 Å². The molecule has 0 saturated heterocycles. The first-order valence-electron chi connectivity index (χ1n) is 7.95. The molecule has 134 valence electrons. The number of hydrazine groups is 1. The van der Waals surface area contributed by atoms with Crippen molar-refractivity contribution in [3.63, 3.8) is 0 Å². The van der Waals surface area contributed by atoms with Gasteiger partial charge in [-0.2, -0.15) is 0 Å². The Hall–Kier alpha value is -3.35. The van der Waals surface area contributed by atoms with Gasteiger partial charge in [0.2, 0.25) is 6.10 Å². The molecule has 0 spiro atoms. The van der Waals surface area contributed by atoms with E-state index in [0.717, 1.165) is 0 Å². The smallest absolute Gasteiger partial charge is 0.283 e. The van der Waals surface area contributed by atoms with Crippen LogP contribution in [0.3, 0.4) is 0 Å². The fourth-order valence-corrected chi connectivity index (χ4v) is 2.38. The topological polar surface area (TPSA) is 76.7 Å². The van der Waals surface area contributed by atoms with E-state index in [0.29, 0.717) is 22.6 Å². The van der Waals surface area contributed by atoms with E-state index >= 15 is 0 Å². The molecule has 1 atom stereocenters. The summed E-state index contributed by atoms with van der Waals surface area (Å²) in [6.07, 6.45) is 0.438. The molecule has 3 rings (SSSR count). The van der Waals surface area contributed by atoms with Crippen LogP contribution in [0.1, 0.15) is 12.5 Å². The van der Waals surface area contributed by atoms with Crippen LogP contribution in [0.2, 0.25) is 0 Å². The van der Waals surface area contributed by atoms with Gasteiger partial charge in [-0.25, -0.2) is 4.39 Å². The maximum Gasteiger partial charge on any atom is 0.283 e. The number of rotatable bonds is 3. The van der Waals surface area contributed by atoms with Gasteiger partial charge in [-0.3, -0.25) is 20.4 Å². The third kappa shape index (κ3) is 4.18. The Balaban J connectivity index is 1.54. The quantitative estimate of drug-likeness (QED) is 0.653. The summed E-state index contributed by atoms with van der Waals surface area (Å²) in [5.74, 6) is -0.358. The summed E-state index contributed by atoms with van der Waals surface area (Å²) in [7, 11) is 0. The number of carbonyl (C=O) groups is 2. The number of hydrogen-bond donors (Lipinski definition) is 2. The Morgan fingerprint density at radius 2 is 1.77 bits per heavy atom. The van der Waals surface area contributed by atoms with Gasteiger partial charge < -0.3 is 9.47 Å². The minimum absolute atomic E-state index is 0.0448. The highest BCUT2D eigenvalue weighted by molar-refractivity contribution is 5.96. The van der Waals surface area contributed by atoms with Crippen LogP contribution in [0, 0.1) is 5.82 Å². The molecule has 2 N–H and O–H groups in total. The number of fused-ring (bicyclic) bond motifs is 1. The zero-order valence-electron chi connectivity index (χ0n) is 14.0. The second-order valence-corrected chi connectivity index (χ2v) is 5.68. The average Bonchev–Trinajstić information content (AvgIpc) is 2.66. The number of benzene rings is 2. The zero-order chi connectivity index (χ0) is 18.5. The van der Waals surface area contributed by atoms with Crippen LogP contribution in [0.4, 0.5) is 4.39 Å². The minimum Gasteiger partial charge on any atom is -0.485 e. The Bertz CT molecular complexity index is 849. The van der Waals surface area contributed by atoms with Crippen LogP contribution in [-0.4, -0.2) is 24.5 Å². The molecular weight excluding hydrogens is 339 g/mol. The minimum atomic E-state index is -0.868. The zero-order valence-corrected chi connectivity index (χ0v) is 14.0. The second kappa shape index (κ2) is 7.69. The van der Waals surface area contributed by atoms with Gasteiger partial charge in [0.1, 0.15) is 12.4 Å². The molecule has 2 amide bonds. The molecule has 0 radical (unpaired) electrons. The van der Waals surface area contributed by atoms with Crippen LogP contribution in [0.15, 0.2) is 54.6 Å². The summed E-state index contributed by atoms with van der Waals surface area (Å²) in [5.41, 5.74) is 5.92. The van der Waals surface area contributed by atoms with Gasteiger partial charge in [-0.05, 0) is 42.3 Å². The van der Waals surface area contributed by atoms with Crippen molar-refractivity contribution in [2.45, 2.75) is 13.0 Å². The van der Waals surface area contributed by atoms with E-state index in [9.17, 15) is 14.0 Å². The van der Waals surface area contributed by atoms with E-state index in [4.69, 9.17) is 9.47 Å². The molecule has 0 fully saturated rings. The fraction of sp³-hybridized carbons (Fsp3) is 0.158. The average molecular weight is 356 g/mol. The molecule has 1 heterocycles. The van der Waals surface area contributed by atoms with Crippen LogP contribution < -0.4 is 20.3 Å². The van der Waals surface area contributed by atoms with Gasteiger partial charge in [0.15, 0.2) is 11.5 Å². The number of hydrogen-bond acceptors (Lipinski definition) is 4. The van der Waals surface area contributed by atoms with E-state index in [1.165, 1.54) is 18.2 Å². The van der Waals surface area contributed by atoms with Crippen molar-refractivity contribution in [1.82, 2.24) is 10.9 Å². The summed E-state index contributed by atoms with van der Waals surface area (Å²) in [4.78, 5) is 24.0.